The summed E-state index contributed by atoms with van der Waals surface area (Å²) in [5.74, 6) is 2.63. The van der Waals surface area contributed by atoms with E-state index in [1.807, 2.05) is 36.4 Å². The molecule has 0 bridgehead atoms. The Balaban J connectivity index is 1.97. The summed E-state index contributed by atoms with van der Waals surface area (Å²) >= 11 is 0. The number of fused-ring (bicyclic) bond motifs is 1. The van der Waals surface area contributed by atoms with Gasteiger partial charge in [0, 0.05) is 6.20 Å². The van der Waals surface area contributed by atoms with Crippen molar-refractivity contribution in [3.8, 4) is 23.0 Å². The van der Waals surface area contributed by atoms with Crippen LogP contribution in [0.3, 0.4) is 0 Å². The summed E-state index contributed by atoms with van der Waals surface area (Å²) in [6.45, 7) is 0. The number of hydrogen-bond acceptors (Lipinski definition) is 6. The van der Waals surface area contributed by atoms with Crippen molar-refractivity contribution in [1.29, 1.82) is 0 Å². The van der Waals surface area contributed by atoms with Gasteiger partial charge >= 0.3 is 0 Å². The Morgan fingerprint density at radius 3 is 2.12 bits per heavy atom. The molecule has 0 saturated heterocycles. The molecule has 0 saturated carbocycles. The van der Waals surface area contributed by atoms with Gasteiger partial charge in [0.2, 0.25) is 0 Å². The molecule has 0 aromatic heterocycles. The largest absolute Gasteiger partial charge is 0.493 e. The van der Waals surface area contributed by atoms with Crippen molar-refractivity contribution in [1.82, 2.24) is 5.06 Å². The van der Waals surface area contributed by atoms with Gasteiger partial charge in [-0.15, -0.1) is 0 Å². The van der Waals surface area contributed by atoms with E-state index in [1.165, 1.54) is 5.06 Å². The Morgan fingerprint density at radius 1 is 0.846 bits per heavy atom. The first-order valence-electron chi connectivity index (χ1n) is 8.23. The fourth-order valence-electron chi connectivity index (χ4n) is 3.18. The van der Waals surface area contributed by atoms with Crippen LogP contribution in [0.15, 0.2) is 36.5 Å². The molecule has 1 heterocycles. The van der Waals surface area contributed by atoms with Crippen molar-refractivity contribution in [3.63, 3.8) is 0 Å². The molecule has 6 nitrogen and oxygen atoms in total. The van der Waals surface area contributed by atoms with Crippen LogP contribution >= 0.6 is 0 Å². The van der Waals surface area contributed by atoms with Crippen LogP contribution in [0, 0.1) is 0 Å². The summed E-state index contributed by atoms with van der Waals surface area (Å²) in [7, 11) is 6.42. The molecule has 0 radical (unpaired) electrons. The molecule has 26 heavy (non-hydrogen) atoms. The van der Waals surface area contributed by atoms with Gasteiger partial charge in [-0.05, 0) is 53.5 Å². The number of ether oxygens (including phenoxy) is 4. The highest BCUT2D eigenvalue weighted by Crippen LogP contribution is 2.39. The van der Waals surface area contributed by atoms with E-state index in [9.17, 15) is 5.21 Å². The number of hydrogen-bond donors (Lipinski definition) is 1. The predicted molar refractivity (Wildman–Crippen MR) is 98.2 cm³/mol. The zero-order valence-electron chi connectivity index (χ0n) is 15.4. The van der Waals surface area contributed by atoms with E-state index in [2.05, 4.69) is 0 Å². The Morgan fingerprint density at radius 2 is 1.46 bits per heavy atom. The minimum absolute atomic E-state index is 0.257. The topological polar surface area (TPSA) is 60.4 Å². The molecule has 1 unspecified atom stereocenters. The molecular weight excluding hydrogens is 334 g/mol. The van der Waals surface area contributed by atoms with Crippen LogP contribution in [0.5, 0.6) is 23.0 Å². The first-order chi connectivity index (χ1) is 12.6. The van der Waals surface area contributed by atoms with E-state index in [0.717, 1.165) is 16.7 Å². The van der Waals surface area contributed by atoms with Crippen LogP contribution in [-0.2, 0) is 6.42 Å². The maximum Gasteiger partial charge on any atom is 0.161 e. The second-order valence-electron chi connectivity index (χ2n) is 5.94. The summed E-state index contributed by atoms with van der Waals surface area (Å²) in [6, 6.07) is 9.32. The van der Waals surface area contributed by atoms with E-state index in [1.54, 1.807) is 34.6 Å². The zero-order valence-corrected chi connectivity index (χ0v) is 15.4. The van der Waals surface area contributed by atoms with Gasteiger partial charge in [0.05, 0.1) is 34.5 Å². The van der Waals surface area contributed by atoms with Gasteiger partial charge in [-0.3, -0.25) is 10.3 Å². The molecule has 0 amide bonds. The smallest absolute Gasteiger partial charge is 0.161 e. The van der Waals surface area contributed by atoms with Crippen LogP contribution in [0.25, 0.3) is 6.08 Å². The molecule has 3 rings (SSSR count). The molecular formula is C20H23NO5. The van der Waals surface area contributed by atoms with Gasteiger partial charge in [-0.1, -0.05) is 6.07 Å². The molecule has 6 heteroatoms. The zero-order chi connectivity index (χ0) is 18.7. The highest BCUT2D eigenvalue weighted by molar-refractivity contribution is 5.63. The summed E-state index contributed by atoms with van der Waals surface area (Å²) in [6.07, 6.45) is 4.09. The van der Waals surface area contributed by atoms with Gasteiger partial charge in [0.1, 0.15) is 0 Å². The lowest BCUT2D eigenvalue weighted by Crippen LogP contribution is -2.25. The van der Waals surface area contributed by atoms with Crippen LogP contribution in [0.1, 0.15) is 22.7 Å². The first kappa shape index (κ1) is 17.9. The Bertz CT molecular complexity index is 818. The quantitative estimate of drug-likeness (QED) is 0.851. The van der Waals surface area contributed by atoms with Gasteiger partial charge < -0.3 is 18.9 Å². The van der Waals surface area contributed by atoms with Crippen molar-refractivity contribution < 1.29 is 24.2 Å². The molecule has 1 atom stereocenters. The monoisotopic (exact) mass is 357 g/mol. The van der Waals surface area contributed by atoms with E-state index in [-0.39, 0.29) is 6.04 Å². The molecule has 0 fully saturated rings. The molecule has 1 aliphatic heterocycles. The normalized spacial score (nSPS) is 15.4. The third-order valence-corrected chi connectivity index (χ3v) is 4.55. The fourth-order valence-corrected chi connectivity index (χ4v) is 3.18. The summed E-state index contributed by atoms with van der Waals surface area (Å²) in [4.78, 5) is 0. The average Bonchev–Trinajstić information content (AvgIpc) is 2.68. The highest BCUT2D eigenvalue weighted by Gasteiger charge is 2.25. The predicted octanol–water partition coefficient (Wildman–Crippen LogP) is 3.68. The summed E-state index contributed by atoms with van der Waals surface area (Å²) in [5, 5.41) is 11.6. The van der Waals surface area contributed by atoms with Crippen molar-refractivity contribution in [2.45, 2.75) is 12.5 Å². The number of hydroxylamine groups is 2. The summed E-state index contributed by atoms with van der Waals surface area (Å²) in [5.41, 5.74) is 2.96. The Hall–Kier alpha value is -2.86. The van der Waals surface area contributed by atoms with Gasteiger partial charge in [0.25, 0.3) is 0 Å². The highest BCUT2D eigenvalue weighted by atomic mass is 16.5. The third kappa shape index (κ3) is 3.28. The van der Waals surface area contributed by atoms with Gasteiger partial charge in [-0.2, -0.15) is 0 Å². The van der Waals surface area contributed by atoms with E-state index >= 15 is 0 Å². The third-order valence-electron chi connectivity index (χ3n) is 4.55. The Kier molecular flexibility index (Phi) is 5.23. The number of methoxy groups -OCH3 is 4. The minimum atomic E-state index is -0.257. The fraction of sp³-hybridized carbons (Fsp3) is 0.300. The average molecular weight is 357 g/mol. The van der Waals surface area contributed by atoms with Crippen LogP contribution in [0.2, 0.25) is 0 Å². The van der Waals surface area contributed by atoms with Gasteiger partial charge in [0.15, 0.2) is 23.0 Å². The first-order valence-corrected chi connectivity index (χ1v) is 8.23. The van der Waals surface area contributed by atoms with E-state index in [4.69, 9.17) is 18.9 Å². The molecule has 2 aromatic rings. The minimum Gasteiger partial charge on any atom is -0.493 e. The van der Waals surface area contributed by atoms with Crippen molar-refractivity contribution in [2.75, 3.05) is 28.4 Å². The second-order valence-corrected chi connectivity index (χ2v) is 5.94. The van der Waals surface area contributed by atoms with Crippen molar-refractivity contribution in [2.24, 2.45) is 0 Å². The maximum atomic E-state index is 10.4. The summed E-state index contributed by atoms with van der Waals surface area (Å²) < 4.78 is 21.5. The molecule has 0 spiro atoms. The lowest BCUT2D eigenvalue weighted by molar-refractivity contribution is -0.0812. The maximum absolute atomic E-state index is 10.4. The molecule has 138 valence electrons. The standard InChI is InChI=1S/C20H23NO5/c1-23-17-6-5-13(10-18(17)24-2)9-16-15-12-20(26-4)19(25-3)11-14(15)7-8-21(16)22/h5-8,10-12,16,22H,9H2,1-4H3. The number of rotatable bonds is 6. The van der Waals surface area contributed by atoms with Crippen LogP contribution in [-0.4, -0.2) is 38.7 Å². The Labute approximate surface area is 153 Å². The van der Waals surface area contributed by atoms with Crippen molar-refractivity contribution in [3.05, 3.63) is 53.2 Å². The van der Waals surface area contributed by atoms with Gasteiger partial charge in [-0.25, -0.2) is 0 Å². The molecule has 1 aliphatic rings. The van der Waals surface area contributed by atoms with Crippen LogP contribution < -0.4 is 18.9 Å². The molecule has 2 aromatic carbocycles. The molecule has 0 aliphatic carbocycles. The van der Waals surface area contributed by atoms with Crippen molar-refractivity contribution >= 4 is 6.08 Å². The SMILES string of the molecule is COc1ccc(CC2c3cc(OC)c(OC)cc3C=CN2O)cc1OC. The number of nitrogens with zero attached hydrogens (tertiary/aromatic N) is 1. The number of benzene rings is 2. The molecule has 1 N–H and O–H groups in total. The lowest BCUT2D eigenvalue weighted by atomic mass is 9.92. The second kappa shape index (κ2) is 7.58. The van der Waals surface area contributed by atoms with E-state index < -0.39 is 0 Å². The lowest BCUT2D eigenvalue weighted by Gasteiger charge is -2.31. The van der Waals surface area contributed by atoms with Crippen LogP contribution in [0.4, 0.5) is 0 Å². The van der Waals surface area contributed by atoms with E-state index in [0.29, 0.717) is 29.4 Å².